The maximum Gasteiger partial charge on any atom is 0.210 e. The molecule has 1 aromatic rings. The summed E-state index contributed by atoms with van der Waals surface area (Å²) in [6, 6.07) is 9.95. The van der Waals surface area contributed by atoms with Crippen LogP contribution in [0, 0.1) is 11.8 Å². The highest BCUT2D eigenvalue weighted by molar-refractivity contribution is 5.93. The highest BCUT2D eigenvalue weighted by atomic mass is 15.3. The van der Waals surface area contributed by atoms with Crippen molar-refractivity contribution in [2.24, 2.45) is 22.7 Å². The van der Waals surface area contributed by atoms with Gasteiger partial charge in [-0.05, 0) is 30.4 Å². The molecule has 4 nitrogen and oxygen atoms in total. The molecular weight excluding hydrogens is 248 g/mol. The maximum absolute atomic E-state index is 5.51. The lowest BCUT2D eigenvalue weighted by molar-refractivity contribution is 0.280. The van der Waals surface area contributed by atoms with Gasteiger partial charge < -0.3 is 5.32 Å². The van der Waals surface area contributed by atoms with Crippen molar-refractivity contribution in [3.05, 3.63) is 30.3 Å². The van der Waals surface area contributed by atoms with Crippen LogP contribution < -0.4 is 16.6 Å². The number of rotatable bonds is 4. The van der Waals surface area contributed by atoms with Crippen molar-refractivity contribution < 1.29 is 0 Å². The van der Waals surface area contributed by atoms with E-state index < -0.39 is 0 Å². The van der Waals surface area contributed by atoms with E-state index in [0.717, 1.165) is 30.5 Å². The van der Waals surface area contributed by atoms with E-state index in [1.807, 2.05) is 30.3 Å². The molecule has 0 bridgehead atoms. The van der Waals surface area contributed by atoms with Crippen LogP contribution in [0.2, 0.25) is 0 Å². The first-order chi connectivity index (χ1) is 9.78. The van der Waals surface area contributed by atoms with Gasteiger partial charge in [-0.1, -0.05) is 50.8 Å². The number of hydrogen-bond donors (Lipinski definition) is 3. The van der Waals surface area contributed by atoms with Crippen LogP contribution in [0.4, 0.5) is 5.69 Å². The Kier molecular flexibility index (Phi) is 5.87. The van der Waals surface area contributed by atoms with Gasteiger partial charge in [-0.2, -0.15) is 0 Å². The molecule has 1 aromatic carbocycles. The number of hydrogen-bond acceptors (Lipinski definition) is 2. The molecule has 1 aliphatic carbocycles. The fourth-order valence-electron chi connectivity index (χ4n) is 2.76. The number of nitrogens with one attached hydrogen (secondary N) is 2. The molecule has 0 heterocycles. The van der Waals surface area contributed by atoms with Crippen LogP contribution in [-0.2, 0) is 0 Å². The predicted octanol–water partition coefficient (Wildman–Crippen LogP) is 3.13. The first-order valence-electron chi connectivity index (χ1n) is 7.61. The Morgan fingerprint density at radius 1 is 1.20 bits per heavy atom. The topological polar surface area (TPSA) is 62.4 Å². The maximum atomic E-state index is 5.51. The first-order valence-corrected chi connectivity index (χ1v) is 7.61. The van der Waals surface area contributed by atoms with E-state index in [9.17, 15) is 0 Å². The summed E-state index contributed by atoms with van der Waals surface area (Å²) in [5.74, 6) is 7.91. The molecule has 20 heavy (non-hydrogen) atoms. The summed E-state index contributed by atoms with van der Waals surface area (Å²) in [5.41, 5.74) is 3.63. The molecule has 2 rings (SSSR count). The van der Waals surface area contributed by atoms with E-state index in [1.165, 1.54) is 25.7 Å². The second-order valence-corrected chi connectivity index (χ2v) is 5.78. The number of nitrogens with two attached hydrogens (primary N) is 1. The molecule has 0 saturated heterocycles. The number of hydrazine groups is 1. The largest absolute Gasteiger partial charge is 0.325 e. The Morgan fingerprint density at radius 2 is 1.90 bits per heavy atom. The summed E-state index contributed by atoms with van der Waals surface area (Å²) < 4.78 is 0. The third-order valence-corrected chi connectivity index (χ3v) is 4.12. The third kappa shape index (κ3) is 4.85. The normalized spacial score (nSPS) is 23.4. The molecular formula is C16H26N4. The second-order valence-electron chi connectivity index (χ2n) is 5.78. The Labute approximate surface area is 121 Å². The standard InChI is InChI=1S/C16H26N4/c1-13-7-9-14(10-8-13)11-12-18-16(20-17)19-15-5-3-2-4-6-15/h2-6,13-14H,7-12,17H2,1H3,(H2,18,19,20). The predicted molar refractivity (Wildman–Crippen MR) is 85.4 cm³/mol. The average Bonchev–Trinajstić information content (AvgIpc) is 2.49. The molecule has 0 aromatic heterocycles. The van der Waals surface area contributed by atoms with Gasteiger partial charge in [0.1, 0.15) is 0 Å². The minimum absolute atomic E-state index is 0.639. The molecule has 0 aliphatic heterocycles. The molecule has 110 valence electrons. The molecule has 4 N–H and O–H groups in total. The summed E-state index contributed by atoms with van der Waals surface area (Å²) >= 11 is 0. The van der Waals surface area contributed by atoms with E-state index in [-0.39, 0.29) is 0 Å². The summed E-state index contributed by atoms with van der Waals surface area (Å²) in [4.78, 5) is 4.52. The van der Waals surface area contributed by atoms with Crippen LogP contribution in [0.5, 0.6) is 0 Å². The molecule has 0 spiro atoms. The highest BCUT2D eigenvalue weighted by Crippen LogP contribution is 2.30. The SMILES string of the molecule is CC1CCC(CCN=C(NN)Nc2ccccc2)CC1. The van der Waals surface area contributed by atoms with Gasteiger partial charge in [-0.3, -0.25) is 10.4 Å². The summed E-state index contributed by atoms with van der Waals surface area (Å²) in [5, 5.41) is 3.19. The van der Waals surface area contributed by atoms with Gasteiger partial charge in [-0.25, -0.2) is 5.84 Å². The quantitative estimate of drug-likeness (QED) is 0.342. The second kappa shape index (κ2) is 7.90. The lowest BCUT2D eigenvalue weighted by Crippen LogP contribution is -2.36. The third-order valence-electron chi connectivity index (χ3n) is 4.12. The van der Waals surface area contributed by atoms with Gasteiger partial charge in [0.15, 0.2) is 0 Å². The van der Waals surface area contributed by atoms with Crippen molar-refractivity contribution in [1.29, 1.82) is 0 Å². The number of nitrogens with zero attached hydrogens (tertiary/aromatic N) is 1. The smallest absolute Gasteiger partial charge is 0.210 e. The Balaban J connectivity index is 1.76. The fourth-order valence-corrected chi connectivity index (χ4v) is 2.76. The van der Waals surface area contributed by atoms with Crippen LogP contribution in [-0.4, -0.2) is 12.5 Å². The van der Waals surface area contributed by atoms with E-state index in [2.05, 4.69) is 22.7 Å². The van der Waals surface area contributed by atoms with Crippen LogP contribution in [0.1, 0.15) is 39.0 Å². The molecule has 1 aliphatic rings. The number of guanidine groups is 1. The summed E-state index contributed by atoms with van der Waals surface area (Å²) in [7, 11) is 0. The fraction of sp³-hybridized carbons (Fsp3) is 0.562. The van der Waals surface area contributed by atoms with Gasteiger partial charge in [0.25, 0.3) is 0 Å². The van der Waals surface area contributed by atoms with Crippen molar-refractivity contribution in [1.82, 2.24) is 5.43 Å². The molecule has 0 unspecified atom stereocenters. The minimum atomic E-state index is 0.639. The van der Waals surface area contributed by atoms with Crippen LogP contribution in [0.25, 0.3) is 0 Å². The molecule has 0 amide bonds. The zero-order valence-electron chi connectivity index (χ0n) is 12.3. The molecule has 1 saturated carbocycles. The van der Waals surface area contributed by atoms with Gasteiger partial charge >= 0.3 is 0 Å². The van der Waals surface area contributed by atoms with Gasteiger partial charge in [-0.15, -0.1) is 0 Å². The van der Waals surface area contributed by atoms with E-state index in [0.29, 0.717) is 5.96 Å². The number of aliphatic imine (C=N–C) groups is 1. The summed E-state index contributed by atoms with van der Waals surface area (Å²) in [6.07, 6.45) is 6.62. The van der Waals surface area contributed by atoms with Crippen LogP contribution in [0.3, 0.4) is 0 Å². The van der Waals surface area contributed by atoms with Gasteiger partial charge in [0.2, 0.25) is 5.96 Å². The van der Waals surface area contributed by atoms with E-state index in [4.69, 9.17) is 5.84 Å². The van der Waals surface area contributed by atoms with Crippen molar-refractivity contribution in [2.75, 3.05) is 11.9 Å². The average molecular weight is 274 g/mol. The highest BCUT2D eigenvalue weighted by Gasteiger charge is 2.17. The Bertz CT molecular complexity index is 408. The van der Waals surface area contributed by atoms with Gasteiger partial charge in [0.05, 0.1) is 0 Å². The lowest BCUT2D eigenvalue weighted by Gasteiger charge is -2.25. The van der Waals surface area contributed by atoms with E-state index in [1.54, 1.807) is 0 Å². The first kappa shape index (κ1) is 14.9. The van der Waals surface area contributed by atoms with Gasteiger partial charge in [0, 0.05) is 12.2 Å². The molecule has 0 radical (unpaired) electrons. The Morgan fingerprint density at radius 3 is 2.55 bits per heavy atom. The number of anilines is 1. The minimum Gasteiger partial charge on any atom is -0.325 e. The van der Waals surface area contributed by atoms with Crippen molar-refractivity contribution in [2.45, 2.75) is 39.0 Å². The zero-order chi connectivity index (χ0) is 14.2. The zero-order valence-corrected chi connectivity index (χ0v) is 12.3. The molecule has 1 fully saturated rings. The number of para-hydroxylation sites is 1. The van der Waals surface area contributed by atoms with Crippen molar-refractivity contribution in [3.63, 3.8) is 0 Å². The van der Waals surface area contributed by atoms with Crippen LogP contribution in [0.15, 0.2) is 35.3 Å². The monoisotopic (exact) mass is 274 g/mol. The van der Waals surface area contributed by atoms with Crippen molar-refractivity contribution in [3.8, 4) is 0 Å². The van der Waals surface area contributed by atoms with Crippen molar-refractivity contribution >= 4 is 11.6 Å². The lowest BCUT2D eigenvalue weighted by atomic mass is 9.81. The summed E-state index contributed by atoms with van der Waals surface area (Å²) in [6.45, 7) is 3.19. The van der Waals surface area contributed by atoms with Crippen LogP contribution >= 0.6 is 0 Å². The molecule has 4 heteroatoms. The Hall–Kier alpha value is -1.55. The number of benzene rings is 1. The molecule has 0 atom stereocenters. The van der Waals surface area contributed by atoms with E-state index >= 15 is 0 Å².